The van der Waals surface area contributed by atoms with Gasteiger partial charge < -0.3 is 13.9 Å². The van der Waals surface area contributed by atoms with E-state index < -0.39 is 11.1 Å². The van der Waals surface area contributed by atoms with Crippen molar-refractivity contribution < 1.29 is 4.74 Å². The lowest BCUT2D eigenvalue weighted by Gasteiger charge is -2.08. The fraction of sp³-hybridized carbons (Fsp3) is 0.267. The van der Waals surface area contributed by atoms with Gasteiger partial charge in [-0.05, 0) is 30.7 Å². The van der Waals surface area contributed by atoms with Crippen LogP contribution in [0.4, 0.5) is 0 Å². The van der Waals surface area contributed by atoms with Crippen LogP contribution in [0.3, 0.4) is 0 Å². The van der Waals surface area contributed by atoms with Crippen molar-refractivity contribution in [3.63, 3.8) is 0 Å². The molecular formula is C15H15N3O3. The van der Waals surface area contributed by atoms with Gasteiger partial charge in [-0.1, -0.05) is 0 Å². The highest BCUT2D eigenvalue weighted by Crippen LogP contribution is 2.11. The van der Waals surface area contributed by atoms with E-state index in [-0.39, 0.29) is 0 Å². The van der Waals surface area contributed by atoms with Crippen molar-refractivity contribution in [2.24, 2.45) is 7.05 Å². The number of aromatic nitrogens is 2. The predicted molar refractivity (Wildman–Crippen MR) is 77.2 cm³/mol. The Balaban J connectivity index is 1.88. The van der Waals surface area contributed by atoms with Crippen LogP contribution in [0.15, 0.2) is 46.2 Å². The van der Waals surface area contributed by atoms with Crippen molar-refractivity contribution in [1.82, 2.24) is 9.13 Å². The summed E-state index contributed by atoms with van der Waals surface area (Å²) in [6.45, 7) is 0.846. The zero-order valence-corrected chi connectivity index (χ0v) is 11.7. The molecule has 0 radical (unpaired) electrons. The van der Waals surface area contributed by atoms with Gasteiger partial charge in [-0.15, -0.1) is 0 Å². The van der Waals surface area contributed by atoms with E-state index in [2.05, 4.69) is 0 Å². The number of nitrogens with zero attached hydrogens (tertiary/aromatic N) is 3. The van der Waals surface area contributed by atoms with Gasteiger partial charge >= 0.3 is 11.1 Å². The SMILES string of the molecule is Cn1ccn(CCCOc2ccc(C#N)cc2)c(=O)c1=O. The first-order valence-electron chi connectivity index (χ1n) is 6.51. The van der Waals surface area contributed by atoms with Gasteiger partial charge in [-0.3, -0.25) is 9.59 Å². The summed E-state index contributed by atoms with van der Waals surface area (Å²) in [4.78, 5) is 23.2. The van der Waals surface area contributed by atoms with E-state index in [1.165, 1.54) is 9.13 Å². The maximum atomic E-state index is 11.7. The molecule has 0 bridgehead atoms. The molecule has 108 valence electrons. The molecule has 0 saturated heterocycles. The molecule has 0 unspecified atom stereocenters. The van der Waals surface area contributed by atoms with E-state index in [0.29, 0.717) is 30.9 Å². The zero-order chi connectivity index (χ0) is 15.2. The minimum atomic E-state index is -0.537. The molecule has 21 heavy (non-hydrogen) atoms. The van der Waals surface area contributed by atoms with E-state index in [1.807, 2.05) is 6.07 Å². The maximum Gasteiger partial charge on any atom is 0.316 e. The molecule has 0 N–H and O–H groups in total. The fourth-order valence-corrected chi connectivity index (χ4v) is 1.82. The summed E-state index contributed by atoms with van der Waals surface area (Å²) in [6.07, 6.45) is 3.75. The molecule has 0 spiro atoms. The van der Waals surface area contributed by atoms with Crippen molar-refractivity contribution in [1.29, 1.82) is 5.26 Å². The zero-order valence-electron chi connectivity index (χ0n) is 11.7. The molecule has 0 fully saturated rings. The standard InChI is InChI=1S/C15H15N3O3/c1-17-8-9-18(15(20)14(17)19)7-2-10-21-13-5-3-12(11-16)4-6-13/h3-6,8-9H,2,7,10H2,1H3. The van der Waals surface area contributed by atoms with Crippen molar-refractivity contribution in [3.8, 4) is 11.8 Å². The molecular weight excluding hydrogens is 270 g/mol. The number of rotatable bonds is 5. The van der Waals surface area contributed by atoms with Crippen LogP contribution in [-0.4, -0.2) is 15.7 Å². The van der Waals surface area contributed by atoms with Gasteiger partial charge in [0.15, 0.2) is 0 Å². The number of ether oxygens (including phenoxy) is 1. The van der Waals surface area contributed by atoms with Crippen molar-refractivity contribution in [2.75, 3.05) is 6.61 Å². The molecule has 2 aromatic rings. The second kappa shape index (κ2) is 6.57. The van der Waals surface area contributed by atoms with Crippen molar-refractivity contribution in [2.45, 2.75) is 13.0 Å². The Bertz CT molecular complexity index is 766. The van der Waals surface area contributed by atoms with Crippen LogP contribution in [0, 0.1) is 11.3 Å². The Morgan fingerprint density at radius 1 is 1.14 bits per heavy atom. The van der Waals surface area contributed by atoms with Crippen LogP contribution < -0.4 is 15.9 Å². The van der Waals surface area contributed by atoms with Crippen LogP contribution in [0.1, 0.15) is 12.0 Å². The Morgan fingerprint density at radius 3 is 2.52 bits per heavy atom. The average Bonchev–Trinajstić information content (AvgIpc) is 2.51. The number of benzene rings is 1. The highest BCUT2D eigenvalue weighted by atomic mass is 16.5. The molecule has 0 aliphatic rings. The number of aryl methyl sites for hydroxylation is 2. The van der Waals surface area contributed by atoms with E-state index in [0.717, 1.165) is 0 Å². The Hall–Kier alpha value is -2.81. The molecule has 0 aliphatic carbocycles. The smallest absolute Gasteiger partial charge is 0.316 e. The van der Waals surface area contributed by atoms with Crippen LogP contribution in [0.2, 0.25) is 0 Å². The lowest BCUT2D eigenvalue weighted by molar-refractivity contribution is 0.300. The minimum Gasteiger partial charge on any atom is -0.494 e. The lowest BCUT2D eigenvalue weighted by atomic mass is 10.2. The molecule has 1 aromatic heterocycles. The molecule has 6 heteroatoms. The van der Waals surface area contributed by atoms with Gasteiger partial charge in [0.2, 0.25) is 0 Å². The molecule has 1 heterocycles. The summed E-state index contributed by atoms with van der Waals surface area (Å²) in [7, 11) is 1.54. The topological polar surface area (TPSA) is 77.0 Å². The Kier molecular flexibility index (Phi) is 4.57. The maximum absolute atomic E-state index is 11.7. The summed E-state index contributed by atoms with van der Waals surface area (Å²) in [5.74, 6) is 0.672. The average molecular weight is 285 g/mol. The van der Waals surface area contributed by atoms with Gasteiger partial charge in [0.25, 0.3) is 0 Å². The number of hydrogen-bond acceptors (Lipinski definition) is 4. The summed E-state index contributed by atoms with van der Waals surface area (Å²) in [5.41, 5.74) is -0.488. The first-order chi connectivity index (χ1) is 10.1. The molecule has 0 aliphatic heterocycles. The molecule has 0 saturated carbocycles. The summed E-state index contributed by atoms with van der Waals surface area (Å²) >= 11 is 0. The summed E-state index contributed by atoms with van der Waals surface area (Å²) in [6, 6.07) is 8.85. The van der Waals surface area contributed by atoms with Crippen LogP contribution in [0.25, 0.3) is 0 Å². The molecule has 2 rings (SSSR count). The van der Waals surface area contributed by atoms with Crippen LogP contribution in [0.5, 0.6) is 5.75 Å². The van der Waals surface area contributed by atoms with Crippen molar-refractivity contribution in [3.05, 3.63) is 62.9 Å². The van der Waals surface area contributed by atoms with Crippen LogP contribution >= 0.6 is 0 Å². The lowest BCUT2D eigenvalue weighted by Crippen LogP contribution is -2.39. The molecule has 1 aromatic carbocycles. The summed E-state index contributed by atoms with van der Waals surface area (Å²) in [5, 5.41) is 8.69. The first-order valence-corrected chi connectivity index (χ1v) is 6.51. The third kappa shape index (κ3) is 3.60. The quantitative estimate of drug-likeness (QED) is 0.604. The molecule has 6 nitrogen and oxygen atoms in total. The second-order valence-electron chi connectivity index (χ2n) is 4.55. The molecule has 0 atom stereocenters. The number of nitriles is 1. The van der Waals surface area contributed by atoms with E-state index in [4.69, 9.17) is 10.00 Å². The number of hydrogen-bond donors (Lipinski definition) is 0. The monoisotopic (exact) mass is 285 g/mol. The van der Waals surface area contributed by atoms with Gasteiger partial charge in [0.1, 0.15) is 5.75 Å². The third-order valence-corrected chi connectivity index (χ3v) is 3.03. The van der Waals surface area contributed by atoms with Crippen LogP contribution in [-0.2, 0) is 13.6 Å². The Labute approximate surface area is 121 Å². The minimum absolute atomic E-state index is 0.422. The van der Waals surface area contributed by atoms with E-state index in [9.17, 15) is 9.59 Å². The first kappa shape index (κ1) is 14.6. The van der Waals surface area contributed by atoms with E-state index >= 15 is 0 Å². The Morgan fingerprint density at radius 2 is 1.86 bits per heavy atom. The summed E-state index contributed by atoms with van der Waals surface area (Å²) < 4.78 is 8.15. The highest BCUT2D eigenvalue weighted by Gasteiger charge is 2.02. The van der Waals surface area contributed by atoms with Crippen molar-refractivity contribution >= 4 is 0 Å². The largest absolute Gasteiger partial charge is 0.494 e. The predicted octanol–water partition coefficient (Wildman–Crippen LogP) is 0.888. The van der Waals surface area contributed by atoms with E-state index in [1.54, 1.807) is 43.7 Å². The van der Waals surface area contributed by atoms with Gasteiger partial charge in [-0.2, -0.15) is 5.26 Å². The molecule has 0 amide bonds. The third-order valence-electron chi connectivity index (χ3n) is 3.03. The highest BCUT2D eigenvalue weighted by molar-refractivity contribution is 5.34. The normalized spacial score (nSPS) is 10.1. The van der Waals surface area contributed by atoms with Gasteiger partial charge in [0.05, 0.1) is 18.2 Å². The fourth-order valence-electron chi connectivity index (χ4n) is 1.82. The van der Waals surface area contributed by atoms with Gasteiger partial charge in [0, 0.05) is 26.0 Å². The second-order valence-corrected chi connectivity index (χ2v) is 4.55. The van der Waals surface area contributed by atoms with Gasteiger partial charge in [-0.25, -0.2) is 0 Å².